The number of fused-ring (bicyclic) bond motifs is 1. The van der Waals surface area contributed by atoms with Gasteiger partial charge in [-0.3, -0.25) is 9.59 Å². The molecule has 0 saturated carbocycles. The first-order valence-electron chi connectivity index (χ1n) is 13.8. The number of piperidine rings is 1. The zero-order valence-electron chi connectivity index (χ0n) is 24.4. The van der Waals surface area contributed by atoms with Crippen molar-refractivity contribution in [1.82, 2.24) is 9.88 Å². The van der Waals surface area contributed by atoms with E-state index in [4.69, 9.17) is 14.6 Å². The van der Waals surface area contributed by atoms with E-state index >= 15 is 4.39 Å². The van der Waals surface area contributed by atoms with Crippen molar-refractivity contribution in [3.8, 4) is 11.5 Å². The molecular weight excluding hydrogens is 635 g/mol. The summed E-state index contributed by atoms with van der Waals surface area (Å²) in [5.74, 6) is -2.99. The average molecular weight is 664 g/mol. The van der Waals surface area contributed by atoms with Crippen LogP contribution in [0.25, 0.3) is 10.9 Å². The summed E-state index contributed by atoms with van der Waals surface area (Å²) in [7, 11) is 0. The van der Waals surface area contributed by atoms with E-state index in [9.17, 15) is 40.7 Å². The molecule has 0 unspecified atom stereocenters. The second-order valence-electron chi connectivity index (χ2n) is 10.4. The number of halogens is 7. The van der Waals surface area contributed by atoms with Gasteiger partial charge in [0.1, 0.15) is 29.6 Å². The number of benzene rings is 2. The van der Waals surface area contributed by atoms with Crippen LogP contribution >= 0.6 is 0 Å². The monoisotopic (exact) mass is 663 g/mol. The largest absolute Gasteiger partial charge is 0.573 e. The predicted octanol–water partition coefficient (Wildman–Crippen LogP) is 5.90. The third-order valence-electron chi connectivity index (χ3n) is 7.14. The number of ether oxygens (including phenoxy) is 3. The van der Waals surface area contributed by atoms with Crippen LogP contribution in [0, 0.1) is 12.7 Å². The van der Waals surface area contributed by atoms with Crippen molar-refractivity contribution in [2.45, 2.75) is 58.4 Å². The number of hydrogen-bond donors (Lipinski definition) is 2. The molecule has 1 aliphatic rings. The first kappa shape index (κ1) is 34.2. The third kappa shape index (κ3) is 8.11. The molecule has 0 atom stereocenters. The molecule has 3 aromatic rings. The van der Waals surface area contributed by atoms with Crippen LogP contribution in [-0.2, 0) is 17.8 Å². The van der Waals surface area contributed by atoms with Crippen LogP contribution in [0.4, 0.5) is 41.2 Å². The fraction of sp³-hybridized carbons (Fsp3) is 0.414. The standard InChI is InChI=1S/C29H28F7N3O7/c1-3-44-25-22-19(11-21(30)23(25)38-8-6-17(7-9-38)45-27(42)43)24(40)20(13-39(22)14-28(31,32)33)26(41)37-12-16-4-5-18(10-15(16)2)46-29(34,35)36/h4-5,10-11,13,17H,3,6-9,12,14H2,1-2H3,(H,37,41)(H,42,43). The summed E-state index contributed by atoms with van der Waals surface area (Å²) in [6, 6.07) is 4.04. The van der Waals surface area contributed by atoms with Gasteiger partial charge < -0.3 is 34.1 Å². The van der Waals surface area contributed by atoms with Gasteiger partial charge in [-0.1, -0.05) is 6.07 Å². The van der Waals surface area contributed by atoms with Gasteiger partial charge in [-0.15, -0.1) is 13.2 Å². The fourth-order valence-electron chi connectivity index (χ4n) is 5.22. The number of carbonyl (C=O) groups excluding carboxylic acids is 1. The van der Waals surface area contributed by atoms with Gasteiger partial charge in [-0.05, 0) is 43.2 Å². The van der Waals surface area contributed by atoms with Gasteiger partial charge in [0, 0.05) is 38.7 Å². The number of pyridine rings is 1. The van der Waals surface area contributed by atoms with Gasteiger partial charge >= 0.3 is 18.7 Å². The summed E-state index contributed by atoms with van der Waals surface area (Å²) >= 11 is 0. The molecule has 1 amide bonds. The second-order valence-corrected chi connectivity index (χ2v) is 10.4. The van der Waals surface area contributed by atoms with Crippen LogP contribution in [0.3, 0.4) is 0 Å². The summed E-state index contributed by atoms with van der Waals surface area (Å²) in [4.78, 5) is 39.0. The Labute approximate surface area is 256 Å². The predicted molar refractivity (Wildman–Crippen MR) is 149 cm³/mol. The van der Waals surface area contributed by atoms with Crippen molar-refractivity contribution in [3.05, 3.63) is 63.2 Å². The number of alkyl halides is 6. The number of amides is 1. The highest BCUT2D eigenvalue weighted by atomic mass is 19.4. The number of aryl methyl sites for hydroxylation is 1. The van der Waals surface area contributed by atoms with E-state index < -0.39 is 70.7 Å². The van der Waals surface area contributed by atoms with Crippen molar-refractivity contribution in [3.63, 3.8) is 0 Å². The SMILES string of the molecule is CCOc1c(N2CCC(OC(=O)O)CC2)c(F)cc2c(=O)c(C(=O)NCc3ccc(OC(F)(F)F)cc3C)cn(CC(F)(F)F)c12. The molecule has 0 radical (unpaired) electrons. The van der Waals surface area contributed by atoms with Crippen molar-refractivity contribution < 1.29 is 59.6 Å². The molecule has 1 aliphatic heterocycles. The van der Waals surface area contributed by atoms with Crippen molar-refractivity contribution in [1.29, 1.82) is 0 Å². The Morgan fingerprint density at radius 1 is 1.09 bits per heavy atom. The smallest absolute Gasteiger partial charge is 0.489 e. The van der Waals surface area contributed by atoms with Gasteiger partial charge in [0.05, 0.1) is 17.5 Å². The first-order valence-corrected chi connectivity index (χ1v) is 13.8. The van der Waals surface area contributed by atoms with Gasteiger partial charge in [0.15, 0.2) is 11.6 Å². The molecule has 2 heterocycles. The summed E-state index contributed by atoms with van der Waals surface area (Å²) in [6.07, 6.45) is -10.9. The van der Waals surface area contributed by atoms with Gasteiger partial charge in [-0.25, -0.2) is 9.18 Å². The van der Waals surface area contributed by atoms with E-state index in [0.717, 1.165) is 18.2 Å². The van der Waals surface area contributed by atoms with Crippen molar-refractivity contribution in [2.75, 3.05) is 24.6 Å². The lowest BCUT2D eigenvalue weighted by molar-refractivity contribution is -0.274. The number of hydrogen-bond acceptors (Lipinski definition) is 7. The summed E-state index contributed by atoms with van der Waals surface area (Å²) in [5.41, 5.74) is -1.86. The molecule has 1 saturated heterocycles. The number of aromatic nitrogens is 1. The molecule has 1 aromatic heterocycles. The highest BCUT2D eigenvalue weighted by Crippen LogP contribution is 2.40. The van der Waals surface area contributed by atoms with Gasteiger partial charge in [0.2, 0.25) is 5.43 Å². The maximum Gasteiger partial charge on any atom is 0.573 e. The molecular formula is C29H28F7N3O7. The van der Waals surface area contributed by atoms with Crippen LogP contribution in [0.2, 0.25) is 0 Å². The van der Waals surface area contributed by atoms with Crippen molar-refractivity contribution in [2.24, 2.45) is 0 Å². The normalized spacial score (nSPS) is 14.3. The van der Waals surface area contributed by atoms with E-state index in [2.05, 4.69) is 10.1 Å². The topological polar surface area (TPSA) is 119 Å². The minimum atomic E-state index is -4.93. The van der Waals surface area contributed by atoms with E-state index in [-0.39, 0.29) is 56.1 Å². The second kappa shape index (κ2) is 13.3. The fourth-order valence-corrected chi connectivity index (χ4v) is 5.22. The lowest BCUT2D eigenvalue weighted by Crippen LogP contribution is -2.38. The Morgan fingerprint density at radius 2 is 1.76 bits per heavy atom. The molecule has 0 bridgehead atoms. The third-order valence-corrected chi connectivity index (χ3v) is 7.14. The average Bonchev–Trinajstić information content (AvgIpc) is 2.93. The van der Waals surface area contributed by atoms with Crippen LogP contribution in [0.1, 0.15) is 41.3 Å². The van der Waals surface area contributed by atoms with Crippen LogP contribution in [0.15, 0.2) is 35.3 Å². The minimum absolute atomic E-state index is 0.0627. The quantitative estimate of drug-likeness (QED) is 0.215. The molecule has 1 fully saturated rings. The number of rotatable bonds is 9. The number of carbonyl (C=O) groups is 2. The maximum absolute atomic E-state index is 15.7. The van der Waals surface area contributed by atoms with Crippen molar-refractivity contribution >= 4 is 28.7 Å². The Hall–Kier alpha value is -4.70. The Balaban J connectivity index is 1.74. The highest BCUT2D eigenvalue weighted by molar-refractivity contribution is 5.99. The molecule has 4 rings (SSSR count). The maximum atomic E-state index is 15.7. The van der Waals surface area contributed by atoms with Crippen LogP contribution in [0.5, 0.6) is 11.5 Å². The summed E-state index contributed by atoms with van der Waals surface area (Å²) in [5, 5.41) is 10.7. The molecule has 10 nitrogen and oxygen atoms in total. The summed E-state index contributed by atoms with van der Waals surface area (Å²) in [6.45, 7) is 0.953. The molecule has 17 heteroatoms. The zero-order valence-corrected chi connectivity index (χ0v) is 24.4. The van der Waals surface area contributed by atoms with Gasteiger partial charge in [-0.2, -0.15) is 13.2 Å². The Kier molecular flexibility index (Phi) is 9.91. The number of nitrogens with zero attached hydrogens (tertiary/aromatic N) is 2. The molecule has 0 spiro atoms. The van der Waals surface area contributed by atoms with E-state index in [1.165, 1.54) is 24.8 Å². The molecule has 2 N–H and O–H groups in total. The lowest BCUT2D eigenvalue weighted by atomic mass is 10.0. The zero-order chi connectivity index (χ0) is 34.0. The highest BCUT2D eigenvalue weighted by Gasteiger charge is 2.34. The van der Waals surface area contributed by atoms with Crippen LogP contribution in [-0.4, -0.2) is 60.1 Å². The number of nitrogens with one attached hydrogen (secondary N) is 1. The molecule has 46 heavy (non-hydrogen) atoms. The van der Waals surface area contributed by atoms with E-state index in [0.29, 0.717) is 16.3 Å². The number of carboxylic acid groups (broad SMARTS) is 1. The number of anilines is 1. The minimum Gasteiger partial charge on any atom is -0.489 e. The van der Waals surface area contributed by atoms with E-state index in [1.54, 1.807) is 0 Å². The summed E-state index contributed by atoms with van der Waals surface area (Å²) < 4.78 is 109. The lowest BCUT2D eigenvalue weighted by Gasteiger charge is -2.34. The van der Waals surface area contributed by atoms with Gasteiger partial charge in [0.25, 0.3) is 5.91 Å². The molecule has 250 valence electrons. The molecule has 2 aromatic carbocycles. The first-order chi connectivity index (χ1) is 21.5. The van der Waals surface area contributed by atoms with Crippen LogP contribution < -0.4 is 25.1 Å². The Morgan fingerprint density at radius 3 is 2.33 bits per heavy atom. The Bertz CT molecular complexity index is 1680. The molecule has 0 aliphatic carbocycles. The van der Waals surface area contributed by atoms with E-state index in [1.807, 2.05) is 0 Å².